The van der Waals surface area contributed by atoms with Crippen molar-refractivity contribution in [2.45, 2.75) is 32.4 Å². The van der Waals surface area contributed by atoms with Gasteiger partial charge in [-0.2, -0.15) is 0 Å². The molecule has 2 rings (SSSR count). The predicted octanol–water partition coefficient (Wildman–Crippen LogP) is 2.77. The second-order valence-corrected chi connectivity index (χ2v) is 5.18. The van der Waals surface area contributed by atoms with Gasteiger partial charge in [0.1, 0.15) is 0 Å². The summed E-state index contributed by atoms with van der Waals surface area (Å²) in [5.74, 6) is 0. The molecule has 2 N–H and O–H groups in total. The van der Waals surface area contributed by atoms with Crippen LogP contribution in [0.4, 0.5) is 0 Å². The van der Waals surface area contributed by atoms with Gasteiger partial charge in [-0.3, -0.25) is 0 Å². The molecule has 0 aliphatic heterocycles. The fourth-order valence-electron chi connectivity index (χ4n) is 1.85. The minimum atomic E-state index is 0.0354. The zero-order valence-corrected chi connectivity index (χ0v) is 10.4. The van der Waals surface area contributed by atoms with E-state index in [4.69, 9.17) is 5.73 Å². The minimum absolute atomic E-state index is 0.0354. The smallest absolute Gasteiger partial charge is 0.0951 e. The van der Waals surface area contributed by atoms with E-state index in [0.29, 0.717) is 6.04 Å². The first-order valence-electron chi connectivity index (χ1n) is 5.48. The van der Waals surface area contributed by atoms with Crippen molar-refractivity contribution in [3.63, 3.8) is 0 Å². The van der Waals surface area contributed by atoms with Crippen LogP contribution in [0.25, 0.3) is 0 Å². The van der Waals surface area contributed by atoms with Crippen molar-refractivity contribution < 1.29 is 0 Å². The second-order valence-electron chi connectivity index (χ2n) is 4.15. The molecule has 86 valence electrons. The number of hydrogen-bond acceptors (Lipinski definition) is 3. The highest BCUT2D eigenvalue weighted by Gasteiger charge is 2.12. The Hall–Kier alpha value is -1.13. The number of rotatable bonds is 4. The van der Waals surface area contributed by atoms with Gasteiger partial charge in [-0.05, 0) is 25.3 Å². The van der Waals surface area contributed by atoms with E-state index in [1.807, 2.05) is 19.4 Å². The third-order valence-electron chi connectivity index (χ3n) is 2.71. The normalized spacial score (nSPS) is 14.9. The van der Waals surface area contributed by atoms with Gasteiger partial charge in [-0.15, -0.1) is 11.3 Å². The molecule has 0 aliphatic rings. The molecule has 0 fully saturated rings. The van der Waals surface area contributed by atoms with E-state index in [9.17, 15) is 0 Å². The van der Waals surface area contributed by atoms with Crippen LogP contribution < -0.4 is 5.73 Å². The molecule has 0 bridgehead atoms. The van der Waals surface area contributed by atoms with Crippen LogP contribution in [0.3, 0.4) is 0 Å². The van der Waals surface area contributed by atoms with Gasteiger partial charge in [0.15, 0.2) is 0 Å². The molecule has 0 aliphatic carbocycles. The van der Waals surface area contributed by atoms with Crippen molar-refractivity contribution in [2.75, 3.05) is 0 Å². The van der Waals surface area contributed by atoms with Gasteiger partial charge < -0.3 is 10.3 Å². The zero-order valence-electron chi connectivity index (χ0n) is 9.63. The summed E-state index contributed by atoms with van der Waals surface area (Å²) in [5.41, 5.74) is 7.01. The van der Waals surface area contributed by atoms with Crippen LogP contribution in [0, 0.1) is 0 Å². The molecule has 2 aromatic heterocycles. The molecular weight excluding hydrogens is 218 g/mol. The lowest BCUT2D eigenvalue weighted by Gasteiger charge is -2.17. The Balaban J connectivity index is 2.14. The van der Waals surface area contributed by atoms with E-state index in [-0.39, 0.29) is 6.04 Å². The summed E-state index contributed by atoms with van der Waals surface area (Å²) < 4.78 is 2.17. The molecule has 0 spiro atoms. The highest BCUT2D eigenvalue weighted by molar-refractivity contribution is 7.09. The SMILES string of the molecule is CC(Cc1cccs1)n1cncc1[C@H](C)N. The lowest BCUT2D eigenvalue weighted by Crippen LogP contribution is -2.15. The highest BCUT2D eigenvalue weighted by atomic mass is 32.1. The molecule has 0 radical (unpaired) electrons. The molecule has 3 nitrogen and oxygen atoms in total. The Bertz CT molecular complexity index is 431. The lowest BCUT2D eigenvalue weighted by atomic mass is 10.2. The minimum Gasteiger partial charge on any atom is -0.330 e. The van der Waals surface area contributed by atoms with E-state index in [2.05, 4.69) is 34.0 Å². The number of hydrogen-bond donors (Lipinski definition) is 1. The Morgan fingerprint density at radius 3 is 2.94 bits per heavy atom. The lowest BCUT2D eigenvalue weighted by molar-refractivity contribution is 0.513. The molecule has 4 heteroatoms. The fraction of sp³-hybridized carbons (Fsp3) is 0.417. The quantitative estimate of drug-likeness (QED) is 0.885. The van der Waals surface area contributed by atoms with Gasteiger partial charge in [0.2, 0.25) is 0 Å². The number of aromatic nitrogens is 2. The molecule has 2 atom stereocenters. The molecule has 2 heterocycles. The first-order valence-corrected chi connectivity index (χ1v) is 6.36. The molecule has 0 aromatic carbocycles. The van der Waals surface area contributed by atoms with Crippen LogP contribution in [0.1, 0.15) is 36.5 Å². The van der Waals surface area contributed by atoms with E-state index in [1.165, 1.54) is 4.88 Å². The van der Waals surface area contributed by atoms with E-state index in [1.54, 1.807) is 11.3 Å². The Morgan fingerprint density at radius 1 is 1.50 bits per heavy atom. The van der Waals surface area contributed by atoms with Crippen LogP contribution in [0.2, 0.25) is 0 Å². The number of thiophene rings is 1. The first-order chi connectivity index (χ1) is 7.68. The highest BCUT2D eigenvalue weighted by Crippen LogP contribution is 2.21. The van der Waals surface area contributed by atoms with Crippen molar-refractivity contribution in [1.82, 2.24) is 9.55 Å². The summed E-state index contributed by atoms with van der Waals surface area (Å²) in [6.45, 7) is 4.19. The third-order valence-corrected chi connectivity index (χ3v) is 3.61. The van der Waals surface area contributed by atoms with Crippen molar-refractivity contribution in [2.24, 2.45) is 5.73 Å². The molecule has 2 aromatic rings. The third kappa shape index (κ3) is 2.33. The predicted molar refractivity (Wildman–Crippen MR) is 67.6 cm³/mol. The van der Waals surface area contributed by atoms with Crippen molar-refractivity contribution in [3.8, 4) is 0 Å². The largest absolute Gasteiger partial charge is 0.330 e. The number of nitrogens with two attached hydrogens (primary N) is 1. The van der Waals surface area contributed by atoms with E-state index in [0.717, 1.165) is 12.1 Å². The van der Waals surface area contributed by atoms with Gasteiger partial charge >= 0.3 is 0 Å². The fourth-order valence-corrected chi connectivity index (χ4v) is 2.68. The van der Waals surface area contributed by atoms with Crippen LogP contribution in [-0.4, -0.2) is 9.55 Å². The summed E-state index contributed by atoms with van der Waals surface area (Å²) >= 11 is 1.80. The van der Waals surface area contributed by atoms with Gasteiger partial charge in [-0.1, -0.05) is 6.07 Å². The van der Waals surface area contributed by atoms with Crippen LogP contribution in [0.5, 0.6) is 0 Å². The van der Waals surface area contributed by atoms with Crippen LogP contribution in [0.15, 0.2) is 30.0 Å². The summed E-state index contributed by atoms with van der Waals surface area (Å²) in [5, 5.41) is 2.11. The van der Waals surface area contributed by atoms with Gasteiger partial charge in [0, 0.05) is 29.6 Å². The second kappa shape index (κ2) is 4.80. The van der Waals surface area contributed by atoms with E-state index < -0.39 is 0 Å². The van der Waals surface area contributed by atoms with Crippen LogP contribution >= 0.6 is 11.3 Å². The Kier molecular flexibility index (Phi) is 3.41. The monoisotopic (exact) mass is 235 g/mol. The molecule has 0 amide bonds. The van der Waals surface area contributed by atoms with Crippen molar-refractivity contribution >= 4 is 11.3 Å². The van der Waals surface area contributed by atoms with Gasteiger partial charge in [0.25, 0.3) is 0 Å². The average molecular weight is 235 g/mol. The first kappa shape index (κ1) is 11.4. The summed E-state index contributed by atoms with van der Waals surface area (Å²) in [4.78, 5) is 5.58. The zero-order chi connectivity index (χ0) is 11.5. The standard InChI is InChI=1S/C12H17N3S/c1-9(6-11-4-3-5-16-11)15-8-14-7-12(15)10(2)13/h3-5,7-10H,6,13H2,1-2H3/t9?,10-/m0/s1. The van der Waals surface area contributed by atoms with Crippen molar-refractivity contribution in [3.05, 3.63) is 40.6 Å². The number of imidazole rings is 1. The summed E-state index contributed by atoms with van der Waals surface area (Å²) in [6, 6.07) is 4.70. The van der Waals surface area contributed by atoms with E-state index >= 15 is 0 Å². The maximum Gasteiger partial charge on any atom is 0.0951 e. The molecule has 1 unspecified atom stereocenters. The maximum atomic E-state index is 5.91. The van der Waals surface area contributed by atoms with Crippen LogP contribution in [-0.2, 0) is 6.42 Å². The van der Waals surface area contributed by atoms with Gasteiger partial charge in [0.05, 0.1) is 12.0 Å². The summed E-state index contributed by atoms with van der Waals surface area (Å²) in [7, 11) is 0. The average Bonchev–Trinajstić information content (AvgIpc) is 2.86. The molecule has 0 saturated carbocycles. The summed E-state index contributed by atoms with van der Waals surface area (Å²) in [6.07, 6.45) is 4.76. The molecule has 16 heavy (non-hydrogen) atoms. The number of nitrogens with zero attached hydrogens (tertiary/aromatic N) is 2. The molecule has 0 saturated heterocycles. The topological polar surface area (TPSA) is 43.8 Å². The maximum absolute atomic E-state index is 5.91. The van der Waals surface area contributed by atoms with Crippen molar-refractivity contribution in [1.29, 1.82) is 0 Å². The molecular formula is C12H17N3S. The Labute approximate surface area is 99.9 Å². The Morgan fingerprint density at radius 2 is 2.31 bits per heavy atom. The van der Waals surface area contributed by atoms with Gasteiger partial charge in [-0.25, -0.2) is 4.98 Å².